The van der Waals surface area contributed by atoms with Crippen molar-refractivity contribution in [3.63, 3.8) is 0 Å². The molecule has 130 valence electrons. The summed E-state index contributed by atoms with van der Waals surface area (Å²) in [6.45, 7) is 0. The Kier molecular flexibility index (Phi) is 4.10. The van der Waals surface area contributed by atoms with E-state index in [0.717, 1.165) is 10.9 Å². The van der Waals surface area contributed by atoms with E-state index in [9.17, 15) is 4.79 Å². The number of oxazole rings is 1. The van der Waals surface area contributed by atoms with Crippen LogP contribution in [0.1, 0.15) is 5.69 Å². The largest absolute Gasteiger partial charge is 0.496 e. The number of methoxy groups -OCH3 is 1. The van der Waals surface area contributed by atoms with Crippen molar-refractivity contribution in [1.29, 1.82) is 0 Å². The van der Waals surface area contributed by atoms with E-state index < -0.39 is 0 Å². The molecule has 7 heteroatoms. The summed E-state index contributed by atoms with van der Waals surface area (Å²) in [6, 6.07) is 12.8. The number of hydrogen-bond acceptors (Lipinski definition) is 6. The zero-order chi connectivity index (χ0) is 17.9. The summed E-state index contributed by atoms with van der Waals surface area (Å²) in [4.78, 5) is 16.3. The Morgan fingerprint density at radius 2 is 2.12 bits per heavy atom. The van der Waals surface area contributed by atoms with Crippen molar-refractivity contribution in [1.82, 2.24) is 10.1 Å². The predicted molar refractivity (Wildman–Crippen MR) is 94.8 cm³/mol. The fourth-order valence-electron chi connectivity index (χ4n) is 2.74. The van der Waals surface area contributed by atoms with Crippen molar-refractivity contribution in [2.45, 2.75) is 6.42 Å². The molecule has 0 aliphatic heterocycles. The zero-order valence-electron chi connectivity index (χ0n) is 13.9. The molecule has 0 saturated carbocycles. The van der Waals surface area contributed by atoms with Gasteiger partial charge in [0.25, 0.3) is 0 Å². The third-order valence-corrected chi connectivity index (χ3v) is 3.96. The molecule has 1 N–H and O–H groups in total. The van der Waals surface area contributed by atoms with Crippen LogP contribution in [0.2, 0.25) is 0 Å². The molecule has 0 saturated heterocycles. The second kappa shape index (κ2) is 6.72. The monoisotopic (exact) mass is 349 g/mol. The molecule has 0 aliphatic carbocycles. The number of nitrogens with one attached hydrogen (secondary N) is 1. The highest BCUT2D eigenvalue weighted by Crippen LogP contribution is 2.32. The molecule has 2 aromatic carbocycles. The Hall–Kier alpha value is -3.61. The number of anilines is 1. The maximum Gasteiger partial charge on any atom is 0.230 e. The maximum absolute atomic E-state index is 12.4. The highest BCUT2D eigenvalue weighted by Gasteiger charge is 2.14. The Balaban J connectivity index is 1.52. The van der Waals surface area contributed by atoms with E-state index >= 15 is 0 Å². The van der Waals surface area contributed by atoms with Gasteiger partial charge in [0, 0.05) is 17.1 Å². The van der Waals surface area contributed by atoms with Gasteiger partial charge in [0.05, 0.1) is 25.3 Å². The van der Waals surface area contributed by atoms with Crippen LogP contribution in [0.3, 0.4) is 0 Å². The molecule has 2 aromatic heterocycles. The smallest absolute Gasteiger partial charge is 0.230 e. The van der Waals surface area contributed by atoms with Gasteiger partial charge in [-0.2, -0.15) is 0 Å². The molecule has 0 radical (unpaired) electrons. The first-order chi connectivity index (χ1) is 12.7. The number of ether oxygens (including phenoxy) is 1. The van der Waals surface area contributed by atoms with Gasteiger partial charge in [0.15, 0.2) is 17.7 Å². The van der Waals surface area contributed by atoms with Gasteiger partial charge in [-0.3, -0.25) is 4.79 Å². The molecule has 4 aromatic rings. The summed E-state index contributed by atoms with van der Waals surface area (Å²) in [5.74, 6) is 0.971. The third-order valence-electron chi connectivity index (χ3n) is 3.96. The van der Waals surface area contributed by atoms with E-state index in [1.165, 1.54) is 6.39 Å². The SMILES string of the molecule is COc1cc(NC(=O)Cc2noc3ccccc23)ccc1-c1cnco1. The predicted octanol–water partition coefficient (Wildman–Crippen LogP) is 3.67. The van der Waals surface area contributed by atoms with Gasteiger partial charge in [-0.05, 0) is 24.3 Å². The molecule has 1 amide bonds. The molecular weight excluding hydrogens is 334 g/mol. The minimum Gasteiger partial charge on any atom is -0.496 e. The summed E-state index contributed by atoms with van der Waals surface area (Å²) in [5.41, 5.74) is 2.63. The number of rotatable bonds is 5. The topological polar surface area (TPSA) is 90.4 Å². The molecule has 0 fully saturated rings. The highest BCUT2D eigenvalue weighted by molar-refractivity contribution is 5.95. The summed E-state index contributed by atoms with van der Waals surface area (Å²) in [7, 11) is 1.56. The highest BCUT2D eigenvalue weighted by atomic mass is 16.5. The number of aromatic nitrogens is 2. The van der Waals surface area contributed by atoms with Crippen LogP contribution in [0.5, 0.6) is 5.75 Å². The number of benzene rings is 2. The van der Waals surface area contributed by atoms with Gasteiger partial charge in [-0.25, -0.2) is 4.98 Å². The van der Waals surface area contributed by atoms with Gasteiger partial charge in [0.1, 0.15) is 11.4 Å². The summed E-state index contributed by atoms with van der Waals surface area (Å²) >= 11 is 0. The number of carbonyl (C=O) groups excluding carboxylic acids is 1. The second-order valence-electron chi connectivity index (χ2n) is 5.63. The number of hydrogen-bond donors (Lipinski definition) is 1. The number of amides is 1. The average Bonchev–Trinajstić information content (AvgIpc) is 3.32. The Morgan fingerprint density at radius 1 is 1.23 bits per heavy atom. The van der Waals surface area contributed by atoms with E-state index in [1.54, 1.807) is 31.5 Å². The molecule has 7 nitrogen and oxygen atoms in total. The van der Waals surface area contributed by atoms with Crippen LogP contribution in [-0.4, -0.2) is 23.2 Å². The van der Waals surface area contributed by atoms with Crippen molar-refractivity contribution in [3.05, 3.63) is 60.7 Å². The lowest BCUT2D eigenvalue weighted by molar-refractivity contribution is -0.115. The van der Waals surface area contributed by atoms with Gasteiger partial charge >= 0.3 is 0 Å². The number of nitrogens with zero attached hydrogens (tertiary/aromatic N) is 2. The molecule has 0 unspecified atom stereocenters. The van der Waals surface area contributed by atoms with E-state index in [4.69, 9.17) is 13.7 Å². The summed E-state index contributed by atoms with van der Waals surface area (Å²) in [6.07, 6.45) is 3.07. The van der Waals surface area contributed by atoms with Crippen LogP contribution < -0.4 is 10.1 Å². The van der Waals surface area contributed by atoms with Gasteiger partial charge < -0.3 is 19.0 Å². The molecule has 0 bridgehead atoms. The second-order valence-corrected chi connectivity index (χ2v) is 5.63. The van der Waals surface area contributed by atoms with E-state index in [2.05, 4.69) is 15.5 Å². The normalized spacial score (nSPS) is 10.8. The minimum atomic E-state index is -0.196. The lowest BCUT2D eigenvalue weighted by Crippen LogP contribution is -2.14. The fourth-order valence-corrected chi connectivity index (χ4v) is 2.74. The van der Waals surface area contributed by atoms with Crippen molar-refractivity contribution >= 4 is 22.6 Å². The van der Waals surface area contributed by atoms with Crippen molar-refractivity contribution in [2.75, 3.05) is 12.4 Å². The molecule has 0 spiro atoms. The maximum atomic E-state index is 12.4. The van der Waals surface area contributed by atoms with E-state index in [1.807, 2.05) is 24.3 Å². The molecule has 2 heterocycles. The van der Waals surface area contributed by atoms with Crippen molar-refractivity contribution in [2.24, 2.45) is 0 Å². The lowest BCUT2D eigenvalue weighted by atomic mass is 10.1. The van der Waals surface area contributed by atoms with Crippen LogP contribution in [0, 0.1) is 0 Å². The van der Waals surface area contributed by atoms with Gasteiger partial charge in [-0.1, -0.05) is 17.3 Å². The first-order valence-corrected chi connectivity index (χ1v) is 7.94. The minimum absolute atomic E-state index is 0.114. The zero-order valence-corrected chi connectivity index (χ0v) is 13.9. The summed E-state index contributed by atoms with van der Waals surface area (Å²) in [5, 5.41) is 7.66. The fraction of sp³-hybridized carbons (Fsp3) is 0.105. The lowest BCUT2D eigenvalue weighted by Gasteiger charge is -2.10. The van der Waals surface area contributed by atoms with Crippen molar-refractivity contribution in [3.8, 4) is 17.1 Å². The van der Waals surface area contributed by atoms with Crippen LogP contribution in [0.15, 0.2) is 64.0 Å². The Bertz CT molecular complexity index is 1050. The molecule has 4 rings (SSSR count). The number of fused-ring (bicyclic) bond motifs is 1. The first kappa shape index (κ1) is 15.9. The van der Waals surface area contributed by atoms with Gasteiger partial charge in [-0.15, -0.1) is 0 Å². The van der Waals surface area contributed by atoms with Crippen LogP contribution >= 0.6 is 0 Å². The van der Waals surface area contributed by atoms with E-state index in [0.29, 0.717) is 28.5 Å². The van der Waals surface area contributed by atoms with E-state index in [-0.39, 0.29) is 12.3 Å². The molecule has 26 heavy (non-hydrogen) atoms. The number of para-hydroxylation sites is 1. The quantitative estimate of drug-likeness (QED) is 0.591. The van der Waals surface area contributed by atoms with Crippen LogP contribution in [0.25, 0.3) is 22.3 Å². The van der Waals surface area contributed by atoms with Crippen LogP contribution in [-0.2, 0) is 11.2 Å². The molecule has 0 atom stereocenters. The summed E-state index contributed by atoms with van der Waals surface area (Å²) < 4.78 is 15.9. The van der Waals surface area contributed by atoms with Gasteiger partial charge in [0.2, 0.25) is 5.91 Å². The first-order valence-electron chi connectivity index (χ1n) is 7.94. The molecular formula is C19H15N3O4. The standard InChI is InChI=1S/C19H15N3O4/c1-24-17-8-12(6-7-14(17)18-10-20-11-25-18)21-19(23)9-15-13-4-2-3-5-16(13)26-22-15/h2-8,10-11H,9H2,1H3,(H,21,23). The third kappa shape index (κ3) is 3.02. The Labute approximate surface area is 148 Å². The molecule has 0 aliphatic rings. The van der Waals surface area contributed by atoms with Crippen LogP contribution in [0.4, 0.5) is 5.69 Å². The number of carbonyl (C=O) groups is 1. The average molecular weight is 349 g/mol. The Morgan fingerprint density at radius 3 is 2.92 bits per heavy atom. The van der Waals surface area contributed by atoms with Crippen molar-refractivity contribution < 1.29 is 18.5 Å².